The van der Waals surface area contributed by atoms with Crippen LogP contribution in [0.5, 0.6) is 0 Å². The first-order valence-electron chi connectivity index (χ1n) is 8.55. The molecule has 2 heterocycles. The van der Waals surface area contributed by atoms with E-state index in [9.17, 15) is 4.79 Å². The zero-order chi connectivity index (χ0) is 18.7. The molecule has 3 aromatic rings. The highest BCUT2D eigenvalue weighted by Gasteiger charge is 2.10. The molecule has 5 heteroatoms. The molecule has 1 aromatic carbocycles. The highest BCUT2D eigenvalue weighted by Crippen LogP contribution is 2.19. The predicted octanol–water partition coefficient (Wildman–Crippen LogP) is 3.31. The molecule has 0 fully saturated rings. The molecule has 26 heavy (non-hydrogen) atoms. The molecule has 0 saturated carbocycles. The van der Waals surface area contributed by atoms with Gasteiger partial charge < -0.3 is 14.4 Å². The smallest absolute Gasteiger partial charge is 0.246 e. The van der Waals surface area contributed by atoms with Gasteiger partial charge in [0.25, 0.3) is 0 Å². The minimum Gasteiger partial charge on any atom is -0.363 e. The monoisotopic (exact) mass is 348 g/mol. The standard InChI is InChI=1S/C21H24N4O/c1-23(2)20-11-9-16(14-22-20)10-12-21(26)24(3)15-18-13-17-7-5-6-8-19(17)25(18)4/h5-14H,15H2,1-4H3/b12-10+. The van der Waals surface area contributed by atoms with Gasteiger partial charge in [0.1, 0.15) is 5.82 Å². The number of aromatic nitrogens is 2. The Morgan fingerprint density at radius 1 is 1.15 bits per heavy atom. The zero-order valence-corrected chi connectivity index (χ0v) is 15.7. The molecule has 0 aliphatic heterocycles. The van der Waals surface area contributed by atoms with Crippen LogP contribution >= 0.6 is 0 Å². The van der Waals surface area contributed by atoms with Crippen molar-refractivity contribution in [2.45, 2.75) is 6.54 Å². The van der Waals surface area contributed by atoms with Gasteiger partial charge >= 0.3 is 0 Å². The molecule has 0 spiro atoms. The van der Waals surface area contributed by atoms with E-state index in [0.29, 0.717) is 6.54 Å². The summed E-state index contributed by atoms with van der Waals surface area (Å²) in [5.41, 5.74) is 3.18. The van der Waals surface area contributed by atoms with E-state index >= 15 is 0 Å². The van der Waals surface area contributed by atoms with E-state index in [0.717, 1.165) is 17.1 Å². The fraction of sp³-hybridized carbons (Fsp3) is 0.238. The van der Waals surface area contributed by atoms with E-state index in [2.05, 4.69) is 27.8 Å². The second-order valence-corrected chi connectivity index (χ2v) is 6.63. The number of para-hydroxylation sites is 1. The average molecular weight is 348 g/mol. The molecule has 0 aliphatic carbocycles. The van der Waals surface area contributed by atoms with Crippen LogP contribution in [-0.4, -0.2) is 41.5 Å². The fourth-order valence-electron chi connectivity index (χ4n) is 2.87. The molecule has 0 aliphatic rings. The summed E-state index contributed by atoms with van der Waals surface area (Å²) in [5.74, 6) is 0.855. The SMILES string of the molecule is CN(Cc1cc2ccccc2n1C)C(=O)/C=C/c1ccc(N(C)C)nc1. The molecule has 3 rings (SSSR count). The number of nitrogens with zero attached hydrogens (tertiary/aromatic N) is 4. The Hall–Kier alpha value is -3.08. The fourth-order valence-corrected chi connectivity index (χ4v) is 2.87. The van der Waals surface area contributed by atoms with Crippen molar-refractivity contribution in [1.82, 2.24) is 14.5 Å². The summed E-state index contributed by atoms with van der Waals surface area (Å²) >= 11 is 0. The molecule has 0 N–H and O–H groups in total. The van der Waals surface area contributed by atoms with Crippen molar-refractivity contribution in [3.8, 4) is 0 Å². The number of amides is 1. The van der Waals surface area contributed by atoms with E-state index in [-0.39, 0.29) is 5.91 Å². The number of hydrogen-bond acceptors (Lipinski definition) is 3. The number of anilines is 1. The number of carbonyl (C=O) groups is 1. The molecule has 0 saturated heterocycles. The van der Waals surface area contributed by atoms with Gasteiger partial charge in [0, 0.05) is 51.7 Å². The van der Waals surface area contributed by atoms with E-state index in [4.69, 9.17) is 0 Å². The molecule has 134 valence electrons. The Morgan fingerprint density at radius 3 is 2.58 bits per heavy atom. The third kappa shape index (κ3) is 3.77. The number of fused-ring (bicyclic) bond motifs is 1. The van der Waals surface area contributed by atoms with Crippen LogP contribution in [0.2, 0.25) is 0 Å². The summed E-state index contributed by atoms with van der Waals surface area (Å²) in [6.45, 7) is 0.562. The largest absolute Gasteiger partial charge is 0.363 e. The maximum absolute atomic E-state index is 12.4. The molecular formula is C21H24N4O. The number of carbonyl (C=O) groups excluding carboxylic acids is 1. The number of hydrogen-bond donors (Lipinski definition) is 0. The molecule has 0 atom stereocenters. The molecule has 1 amide bonds. The van der Waals surface area contributed by atoms with Crippen molar-refractivity contribution in [1.29, 1.82) is 0 Å². The number of rotatable bonds is 5. The second-order valence-electron chi connectivity index (χ2n) is 6.63. The predicted molar refractivity (Wildman–Crippen MR) is 107 cm³/mol. The van der Waals surface area contributed by atoms with E-state index in [1.807, 2.05) is 57.4 Å². The lowest BCUT2D eigenvalue weighted by molar-refractivity contribution is -0.125. The van der Waals surface area contributed by atoms with Crippen LogP contribution in [0.3, 0.4) is 0 Å². The minimum absolute atomic E-state index is 0.0352. The normalized spacial score (nSPS) is 11.2. The Balaban J connectivity index is 1.68. The lowest BCUT2D eigenvalue weighted by atomic mass is 10.2. The van der Waals surface area contributed by atoms with Crippen LogP contribution < -0.4 is 4.90 Å². The van der Waals surface area contributed by atoms with E-state index in [1.165, 1.54) is 10.9 Å². The molecule has 2 aromatic heterocycles. The van der Waals surface area contributed by atoms with E-state index in [1.54, 1.807) is 23.2 Å². The minimum atomic E-state index is -0.0352. The quantitative estimate of drug-likeness (QED) is 0.664. The lowest BCUT2D eigenvalue weighted by Gasteiger charge is -2.16. The van der Waals surface area contributed by atoms with E-state index < -0.39 is 0 Å². The Morgan fingerprint density at radius 2 is 1.92 bits per heavy atom. The summed E-state index contributed by atoms with van der Waals surface area (Å²) in [5, 5.41) is 1.19. The topological polar surface area (TPSA) is 41.4 Å². The van der Waals surface area contributed by atoms with Crippen LogP contribution in [0.1, 0.15) is 11.3 Å². The molecule has 0 bridgehead atoms. The van der Waals surface area contributed by atoms with Gasteiger partial charge in [0.15, 0.2) is 0 Å². The Labute approximate surface area is 154 Å². The highest BCUT2D eigenvalue weighted by molar-refractivity contribution is 5.91. The first-order chi connectivity index (χ1) is 12.5. The Bertz CT molecular complexity index is 938. The number of aryl methyl sites for hydroxylation is 1. The van der Waals surface area contributed by atoms with Gasteiger partial charge in [-0.1, -0.05) is 18.2 Å². The zero-order valence-electron chi connectivity index (χ0n) is 15.7. The molecule has 5 nitrogen and oxygen atoms in total. The number of benzene rings is 1. The number of pyridine rings is 1. The van der Waals surface area contributed by atoms with Crippen LogP contribution in [0.4, 0.5) is 5.82 Å². The lowest BCUT2D eigenvalue weighted by Crippen LogP contribution is -2.25. The van der Waals surface area contributed by atoms with Crippen LogP contribution in [0.25, 0.3) is 17.0 Å². The summed E-state index contributed by atoms with van der Waals surface area (Å²) < 4.78 is 2.13. The van der Waals surface area contributed by atoms with Crippen molar-refractivity contribution in [3.63, 3.8) is 0 Å². The second kappa shape index (κ2) is 7.44. The van der Waals surface area contributed by atoms with Crippen molar-refractivity contribution in [2.24, 2.45) is 7.05 Å². The summed E-state index contributed by atoms with van der Waals surface area (Å²) in [6, 6.07) is 14.3. The third-order valence-electron chi connectivity index (χ3n) is 4.47. The average Bonchev–Trinajstić information content (AvgIpc) is 2.96. The van der Waals surface area contributed by atoms with Gasteiger partial charge in [0.05, 0.1) is 6.54 Å². The van der Waals surface area contributed by atoms with Crippen LogP contribution in [0, 0.1) is 0 Å². The van der Waals surface area contributed by atoms with Gasteiger partial charge in [-0.3, -0.25) is 4.79 Å². The summed E-state index contributed by atoms with van der Waals surface area (Å²) in [6.07, 6.45) is 5.16. The first-order valence-corrected chi connectivity index (χ1v) is 8.55. The molecule has 0 radical (unpaired) electrons. The van der Waals surface area contributed by atoms with Crippen LogP contribution in [0.15, 0.2) is 54.7 Å². The summed E-state index contributed by atoms with van der Waals surface area (Å²) in [4.78, 5) is 20.4. The highest BCUT2D eigenvalue weighted by atomic mass is 16.2. The maximum Gasteiger partial charge on any atom is 0.246 e. The summed E-state index contributed by atoms with van der Waals surface area (Å²) in [7, 11) is 7.74. The van der Waals surface area contributed by atoms with Gasteiger partial charge in [-0.2, -0.15) is 0 Å². The van der Waals surface area contributed by atoms with Crippen molar-refractivity contribution in [3.05, 3.63) is 66.0 Å². The maximum atomic E-state index is 12.4. The van der Waals surface area contributed by atoms with Gasteiger partial charge in [0.2, 0.25) is 5.91 Å². The van der Waals surface area contributed by atoms with Crippen molar-refractivity contribution < 1.29 is 4.79 Å². The Kier molecular flexibility index (Phi) is 5.07. The number of likely N-dealkylation sites (N-methyl/N-ethyl adjacent to an activating group) is 1. The molecule has 0 unspecified atom stereocenters. The molecular weight excluding hydrogens is 324 g/mol. The van der Waals surface area contributed by atoms with Crippen LogP contribution in [-0.2, 0) is 18.4 Å². The third-order valence-corrected chi connectivity index (χ3v) is 4.47. The van der Waals surface area contributed by atoms with Crippen molar-refractivity contribution >= 4 is 28.7 Å². The van der Waals surface area contributed by atoms with Gasteiger partial charge in [-0.05, 0) is 41.3 Å². The van der Waals surface area contributed by atoms with Gasteiger partial charge in [-0.25, -0.2) is 4.98 Å². The van der Waals surface area contributed by atoms with Gasteiger partial charge in [-0.15, -0.1) is 0 Å². The van der Waals surface area contributed by atoms with Crippen molar-refractivity contribution in [2.75, 3.05) is 26.0 Å². The first kappa shape index (κ1) is 17.7.